The lowest BCUT2D eigenvalue weighted by atomic mass is 10.7. The van der Waals surface area contributed by atoms with Gasteiger partial charge in [0.15, 0.2) is 0 Å². The highest BCUT2D eigenvalue weighted by atomic mass is 32.2. The minimum Gasteiger partial charge on any atom is -0.475 e. The average molecular weight is 336 g/mol. The summed E-state index contributed by atoms with van der Waals surface area (Å²) in [5.41, 5.74) is -5.31. The molecule has 0 saturated carbocycles. The van der Waals surface area contributed by atoms with Crippen LogP contribution >= 0.6 is 0 Å². The number of alkyl halides is 6. The first-order valence-electron chi connectivity index (χ1n) is 4.22. The van der Waals surface area contributed by atoms with Gasteiger partial charge in [-0.2, -0.15) is 34.8 Å². The molecule has 0 unspecified atom stereocenters. The van der Waals surface area contributed by atoms with Crippen molar-refractivity contribution in [2.24, 2.45) is 0 Å². The van der Waals surface area contributed by atoms with E-state index in [-0.39, 0.29) is 0 Å². The van der Waals surface area contributed by atoms with Crippen molar-refractivity contribution in [1.82, 2.24) is 0 Å². The van der Waals surface area contributed by atoms with Gasteiger partial charge in [-0.25, -0.2) is 4.79 Å². The van der Waals surface area contributed by atoms with Gasteiger partial charge in [-0.1, -0.05) is 0 Å². The summed E-state index contributed by atoms with van der Waals surface area (Å²) in [5, 5.41) is 7.12. The topological polar surface area (TPSA) is 80.7 Å². The molecule has 0 aliphatic heterocycles. The van der Waals surface area contributed by atoms with Crippen LogP contribution in [0.5, 0.6) is 0 Å². The molecule has 0 amide bonds. The van der Waals surface area contributed by atoms with E-state index in [0.29, 0.717) is 0 Å². The van der Waals surface area contributed by atoms with E-state index in [4.69, 9.17) is 9.90 Å². The third-order valence-electron chi connectivity index (χ3n) is 0.886. The molecule has 1 N–H and O–H groups in total. The zero-order valence-electron chi connectivity index (χ0n) is 9.76. The number of hydrogen-bond donors (Lipinski definition) is 1. The van der Waals surface area contributed by atoms with Crippen LogP contribution in [-0.4, -0.2) is 39.5 Å². The summed E-state index contributed by atoms with van der Waals surface area (Å²) >= 11 is 0. The van der Waals surface area contributed by atoms with E-state index in [1.807, 2.05) is 0 Å². The predicted octanol–water partition coefficient (Wildman–Crippen LogP) is 2.32. The number of carboxylic acids is 1. The third kappa shape index (κ3) is 9.72. The maximum atomic E-state index is 11.7. The Labute approximate surface area is 105 Å². The zero-order valence-corrected chi connectivity index (χ0v) is 11.6. The van der Waals surface area contributed by atoms with Gasteiger partial charge in [-0.05, 0) is 19.6 Å². The van der Waals surface area contributed by atoms with Crippen molar-refractivity contribution in [2.75, 3.05) is 0 Å². The standard InChI is InChI=1S/C4H9F3O3SSi.C2HF3O2/c1-12(2,3)10-11(8,9)4(5,6)7;3-2(4,5)1(6)7/h1-3H3;(H,6,7). The van der Waals surface area contributed by atoms with E-state index >= 15 is 0 Å². The van der Waals surface area contributed by atoms with Gasteiger partial charge in [0.25, 0.3) is 0 Å². The molecule has 0 radical (unpaired) electrons. The maximum Gasteiger partial charge on any atom is 0.522 e. The summed E-state index contributed by atoms with van der Waals surface area (Å²) in [6.45, 7) is 4.07. The molecule has 0 aromatic heterocycles. The monoisotopic (exact) mass is 336 g/mol. The molecular formula is C6H10F6O5SSi. The predicted molar refractivity (Wildman–Crippen MR) is 53.1 cm³/mol. The minimum absolute atomic E-state index is 1.36. The van der Waals surface area contributed by atoms with Gasteiger partial charge in [-0.15, -0.1) is 0 Å². The lowest BCUT2D eigenvalue weighted by molar-refractivity contribution is -0.192. The third-order valence-corrected chi connectivity index (χ3v) is 4.33. The van der Waals surface area contributed by atoms with Crippen LogP contribution in [-0.2, 0) is 18.8 Å². The van der Waals surface area contributed by atoms with E-state index in [1.54, 1.807) is 0 Å². The number of carboxylic acid groups (broad SMARTS) is 1. The number of hydrogen-bond acceptors (Lipinski definition) is 4. The van der Waals surface area contributed by atoms with Crippen LogP contribution in [0.25, 0.3) is 0 Å². The van der Waals surface area contributed by atoms with Gasteiger partial charge in [0.2, 0.25) is 8.32 Å². The van der Waals surface area contributed by atoms with Gasteiger partial charge in [-0.3, -0.25) is 0 Å². The Morgan fingerprint density at radius 2 is 1.32 bits per heavy atom. The first-order valence-corrected chi connectivity index (χ1v) is 9.04. The summed E-state index contributed by atoms with van der Waals surface area (Å²) < 4.78 is 91.4. The molecule has 0 atom stereocenters. The molecule has 0 spiro atoms. The van der Waals surface area contributed by atoms with Crippen molar-refractivity contribution >= 4 is 24.4 Å². The smallest absolute Gasteiger partial charge is 0.475 e. The molecule has 19 heavy (non-hydrogen) atoms. The highest BCUT2D eigenvalue weighted by molar-refractivity contribution is 7.88. The van der Waals surface area contributed by atoms with Crippen LogP contribution in [0.1, 0.15) is 0 Å². The highest BCUT2D eigenvalue weighted by Crippen LogP contribution is 2.27. The summed E-state index contributed by atoms with van der Waals surface area (Å²) in [6, 6.07) is 0. The van der Waals surface area contributed by atoms with Crippen LogP contribution < -0.4 is 0 Å². The van der Waals surface area contributed by atoms with Gasteiger partial charge in [0.1, 0.15) is 0 Å². The Morgan fingerprint density at radius 3 is 1.37 bits per heavy atom. The van der Waals surface area contributed by atoms with Crippen molar-refractivity contribution in [1.29, 1.82) is 0 Å². The summed E-state index contributed by atoms with van der Waals surface area (Å²) in [6.07, 6.45) is -5.08. The maximum absolute atomic E-state index is 11.7. The molecule has 0 aliphatic carbocycles. The summed E-state index contributed by atoms with van der Waals surface area (Å²) in [5.74, 6) is -2.76. The van der Waals surface area contributed by atoms with E-state index in [1.165, 1.54) is 19.6 Å². The second kappa shape index (κ2) is 6.09. The molecule has 0 rings (SSSR count). The van der Waals surface area contributed by atoms with Crippen molar-refractivity contribution in [2.45, 2.75) is 31.3 Å². The number of carbonyl (C=O) groups is 1. The van der Waals surface area contributed by atoms with Gasteiger partial charge in [0, 0.05) is 0 Å². The number of aliphatic carboxylic acids is 1. The molecule has 0 fully saturated rings. The normalized spacial score (nSPS) is 13.5. The van der Waals surface area contributed by atoms with E-state index in [2.05, 4.69) is 3.87 Å². The second-order valence-corrected chi connectivity index (χ2v) is 10.2. The van der Waals surface area contributed by atoms with Crippen LogP contribution in [0.15, 0.2) is 0 Å². The Kier molecular flexibility index (Phi) is 6.56. The van der Waals surface area contributed by atoms with Crippen LogP contribution in [0, 0.1) is 0 Å². The lowest BCUT2D eigenvalue weighted by Crippen LogP contribution is -2.36. The van der Waals surface area contributed by atoms with Crippen molar-refractivity contribution < 1.29 is 48.5 Å². The fraction of sp³-hybridized carbons (Fsp3) is 0.833. The fourth-order valence-electron chi connectivity index (χ4n) is 0.376. The Morgan fingerprint density at radius 1 is 1.05 bits per heavy atom. The molecule has 0 heterocycles. The van der Waals surface area contributed by atoms with Gasteiger partial charge < -0.3 is 8.98 Å². The first kappa shape index (κ1) is 20.5. The zero-order chi connectivity index (χ0) is 16.3. The number of rotatable bonds is 2. The van der Waals surface area contributed by atoms with Crippen LogP contribution in [0.2, 0.25) is 19.6 Å². The minimum atomic E-state index is -5.39. The largest absolute Gasteiger partial charge is 0.522 e. The molecule has 116 valence electrons. The average Bonchev–Trinajstić information content (AvgIpc) is 1.95. The summed E-state index contributed by atoms with van der Waals surface area (Å²) in [4.78, 5) is 8.90. The second-order valence-electron chi connectivity index (χ2n) is 3.90. The molecule has 0 bridgehead atoms. The Hall–Kier alpha value is -0.823. The van der Waals surface area contributed by atoms with Crippen LogP contribution in [0.4, 0.5) is 26.3 Å². The number of halogens is 6. The van der Waals surface area contributed by atoms with E-state index in [9.17, 15) is 34.8 Å². The SMILES string of the molecule is C[Si](C)(C)OS(=O)(=O)C(F)(F)F.O=C(O)C(F)(F)F. The molecule has 13 heteroatoms. The quantitative estimate of drug-likeness (QED) is 0.475. The molecule has 0 aromatic carbocycles. The molecular weight excluding hydrogens is 326 g/mol. The highest BCUT2D eigenvalue weighted by Gasteiger charge is 2.49. The van der Waals surface area contributed by atoms with Crippen molar-refractivity contribution in [3.05, 3.63) is 0 Å². The Bertz CT molecular complexity index is 405. The molecule has 0 saturated heterocycles. The lowest BCUT2D eigenvalue weighted by Gasteiger charge is -2.17. The Balaban J connectivity index is 0. The van der Waals surface area contributed by atoms with E-state index < -0.39 is 36.1 Å². The fourth-order valence-corrected chi connectivity index (χ4v) is 3.39. The van der Waals surface area contributed by atoms with Gasteiger partial charge >= 0.3 is 27.8 Å². The van der Waals surface area contributed by atoms with Crippen molar-refractivity contribution in [3.8, 4) is 0 Å². The van der Waals surface area contributed by atoms with Gasteiger partial charge in [0.05, 0.1) is 0 Å². The summed E-state index contributed by atoms with van der Waals surface area (Å²) in [7, 11) is -8.10. The van der Waals surface area contributed by atoms with Crippen LogP contribution in [0.3, 0.4) is 0 Å². The first-order chi connectivity index (χ1) is 7.90. The molecule has 0 aliphatic rings. The molecule has 5 nitrogen and oxygen atoms in total. The van der Waals surface area contributed by atoms with Crippen molar-refractivity contribution in [3.63, 3.8) is 0 Å². The molecule has 0 aromatic rings. The van der Waals surface area contributed by atoms with E-state index in [0.717, 1.165) is 0 Å².